The highest BCUT2D eigenvalue weighted by molar-refractivity contribution is 7.89. The third-order valence-corrected chi connectivity index (χ3v) is 10.7. The number of halogens is 3. The normalized spacial score (nSPS) is 12.0. The van der Waals surface area contributed by atoms with Crippen molar-refractivity contribution in [3.8, 4) is 40.1 Å². The molecule has 15 heteroatoms. The Balaban J connectivity index is 1.78. The molecule has 0 aliphatic heterocycles. The average molecular weight is 750 g/mol. The minimum atomic E-state index is -5.08. The van der Waals surface area contributed by atoms with Gasteiger partial charge < -0.3 is 14.2 Å². The summed E-state index contributed by atoms with van der Waals surface area (Å²) in [5, 5.41) is 12.0. The Hall–Kier alpha value is -5.17. The van der Waals surface area contributed by atoms with E-state index in [4.69, 9.17) is 14.2 Å². The molecule has 0 amide bonds. The summed E-state index contributed by atoms with van der Waals surface area (Å²) in [5.41, 5.74) is 3.25. The smallest absolute Gasteiger partial charge is 0.417 e. The van der Waals surface area contributed by atoms with Crippen LogP contribution in [0.15, 0.2) is 89.8 Å². The molecule has 4 aromatic carbocycles. The van der Waals surface area contributed by atoms with Gasteiger partial charge in [0.15, 0.2) is 5.82 Å². The largest absolute Gasteiger partial charge is 0.497 e. The molecule has 0 radical (unpaired) electrons. The van der Waals surface area contributed by atoms with E-state index in [2.05, 4.69) is 27.0 Å². The summed E-state index contributed by atoms with van der Waals surface area (Å²) < 4.78 is 93.6. The molecule has 0 N–H and O–H groups in total. The quantitative estimate of drug-likeness (QED) is 0.0987. The van der Waals surface area contributed by atoms with Crippen LogP contribution in [0.4, 0.5) is 13.2 Å². The lowest BCUT2D eigenvalue weighted by Gasteiger charge is -2.26. The summed E-state index contributed by atoms with van der Waals surface area (Å²) >= 11 is 0. The van der Waals surface area contributed by atoms with Crippen LogP contribution in [-0.2, 0) is 35.8 Å². The lowest BCUT2D eigenvalue weighted by atomic mass is 10.0. The molecule has 1 aromatic heterocycles. The first-order valence-electron chi connectivity index (χ1n) is 16.1. The molecular formula is C37H38F3N5O5SSi. The van der Waals surface area contributed by atoms with Crippen molar-refractivity contribution in [1.29, 1.82) is 0 Å². The number of benzene rings is 4. The fourth-order valence-corrected chi connectivity index (χ4v) is 7.60. The van der Waals surface area contributed by atoms with Gasteiger partial charge in [0.2, 0.25) is 10.0 Å². The van der Waals surface area contributed by atoms with Crippen LogP contribution in [0, 0.1) is 11.5 Å². The number of hydrogen-bond acceptors (Lipinski definition) is 8. The Morgan fingerprint density at radius 3 is 1.67 bits per heavy atom. The SMILES string of the molecule is COc1ccc(CN(Cc2ccc(OC)cc2)S(=O)(=O)c2c(C(F)(F)F)ccc(C#C[Si](C)(C)C)c2-c2nnnn2Cc2ccc(OC)cc2)cc1. The van der Waals surface area contributed by atoms with E-state index in [0.717, 1.165) is 10.4 Å². The fraction of sp³-hybridized carbons (Fsp3) is 0.270. The van der Waals surface area contributed by atoms with Crippen molar-refractivity contribution in [3.05, 3.63) is 113 Å². The van der Waals surface area contributed by atoms with Crippen molar-refractivity contribution >= 4 is 18.1 Å². The standard InChI is InChI=1S/C37H38F3N5O5SSi/c1-48-30-14-7-26(8-15-30)23-44(24-27-9-16-31(49-2)17-10-27)51(46,47)35-33(37(38,39)40)20-13-29(21-22-52(4,5)6)34(35)36-41-42-43-45(36)25-28-11-18-32(50-3)19-12-28/h7-20H,23-25H2,1-6H3. The van der Waals surface area contributed by atoms with E-state index in [9.17, 15) is 0 Å². The predicted octanol–water partition coefficient (Wildman–Crippen LogP) is 7.05. The number of sulfonamides is 1. The topological polar surface area (TPSA) is 109 Å². The molecular weight excluding hydrogens is 712 g/mol. The van der Waals surface area contributed by atoms with Gasteiger partial charge in [-0.05, 0) is 75.6 Å². The second kappa shape index (κ2) is 15.6. The predicted molar refractivity (Wildman–Crippen MR) is 193 cm³/mol. The van der Waals surface area contributed by atoms with E-state index in [1.807, 2.05) is 19.6 Å². The van der Waals surface area contributed by atoms with E-state index >= 15 is 21.6 Å². The number of rotatable bonds is 12. The first-order valence-corrected chi connectivity index (χ1v) is 21.0. The van der Waals surface area contributed by atoms with Crippen LogP contribution >= 0.6 is 0 Å². The molecule has 0 bridgehead atoms. The van der Waals surface area contributed by atoms with Gasteiger partial charge in [0.05, 0.1) is 39.0 Å². The Bertz CT molecular complexity index is 2130. The van der Waals surface area contributed by atoms with E-state index in [0.29, 0.717) is 33.9 Å². The molecule has 5 rings (SSSR count). The van der Waals surface area contributed by atoms with Gasteiger partial charge in [-0.25, -0.2) is 13.1 Å². The van der Waals surface area contributed by atoms with Crippen LogP contribution in [0.5, 0.6) is 17.2 Å². The lowest BCUT2D eigenvalue weighted by molar-refractivity contribution is -0.139. The van der Waals surface area contributed by atoms with E-state index in [1.54, 1.807) is 72.8 Å². The Morgan fingerprint density at radius 2 is 1.23 bits per heavy atom. The van der Waals surface area contributed by atoms with Gasteiger partial charge >= 0.3 is 6.18 Å². The maximum absolute atomic E-state index is 15.1. The summed E-state index contributed by atoms with van der Waals surface area (Å²) in [6, 6.07) is 22.2. The third kappa shape index (κ3) is 9.00. The molecule has 0 fully saturated rings. The number of alkyl halides is 3. The van der Waals surface area contributed by atoms with E-state index < -0.39 is 34.7 Å². The highest BCUT2D eigenvalue weighted by Crippen LogP contribution is 2.42. The molecule has 0 atom stereocenters. The third-order valence-electron chi connectivity index (χ3n) is 7.92. The van der Waals surface area contributed by atoms with Crippen molar-refractivity contribution in [3.63, 3.8) is 0 Å². The second-order valence-electron chi connectivity index (χ2n) is 12.8. The van der Waals surface area contributed by atoms with Crippen LogP contribution < -0.4 is 14.2 Å². The maximum atomic E-state index is 15.1. The van der Waals surface area contributed by atoms with Gasteiger partial charge in [-0.15, -0.1) is 10.6 Å². The minimum Gasteiger partial charge on any atom is -0.497 e. The van der Waals surface area contributed by atoms with Gasteiger partial charge in [0, 0.05) is 18.7 Å². The number of methoxy groups -OCH3 is 3. The fourth-order valence-electron chi connectivity index (χ4n) is 5.27. The molecule has 52 heavy (non-hydrogen) atoms. The lowest BCUT2D eigenvalue weighted by Crippen LogP contribution is -2.33. The molecule has 0 aliphatic carbocycles. The van der Waals surface area contributed by atoms with Crippen LogP contribution in [0.1, 0.15) is 27.8 Å². The molecule has 0 saturated heterocycles. The van der Waals surface area contributed by atoms with Crippen LogP contribution in [0.25, 0.3) is 11.4 Å². The van der Waals surface area contributed by atoms with Crippen LogP contribution in [-0.4, -0.2) is 62.3 Å². The van der Waals surface area contributed by atoms with Crippen molar-refractivity contribution in [2.45, 2.75) is 50.3 Å². The van der Waals surface area contributed by atoms with Gasteiger partial charge in [0.1, 0.15) is 30.2 Å². The van der Waals surface area contributed by atoms with E-state index in [1.165, 1.54) is 32.1 Å². The van der Waals surface area contributed by atoms with Crippen LogP contribution in [0.3, 0.4) is 0 Å². The van der Waals surface area contributed by atoms with Crippen molar-refractivity contribution < 1.29 is 35.8 Å². The summed E-state index contributed by atoms with van der Waals surface area (Å²) in [7, 11) is -2.60. The maximum Gasteiger partial charge on any atom is 0.417 e. The molecule has 0 unspecified atom stereocenters. The minimum absolute atomic E-state index is 0.0182. The summed E-state index contributed by atoms with van der Waals surface area (Å²) in [6.45, 7) is 5.40. The number of hydrogen-bond donors (Lipinski definition) is 0. The Morgan fingerprint density at radius 1 is 0.750 bits per heavy atom. The molecule has 5 aromatic rings. The summed E-state index contributed by atoms with van der Waals surface area (Å²) in [5.74, 6) is 4.50. The summed E-state index contributed by atoms with van der Waals surface area (Å²) in [6.07, 6.45) is -5.08. The Labute approximate surface area is 302 Å². The number of tetrazole rings is 1. The molecule has 1 heterocycles. The second-order valence-corrected chi connectivity index (χ2v) is 19.5. The number of aromatic nitrogens is 4. The zero-order valence-corrected chi connectivity index (χ0v) is 31.3. The van der Waals surface area contributed by atoms with Crippen LogP contribution in [0.2, 0.25) is 19.6 Å². The molecule has 0 aliphatic rings. The molecule has 272 valence electrons. The number of ether oxygens (including phenoxy) is 3. The molecule has 0 saturated carbocycles. The van der Waals surface area contributed by atoms with Gasteiger partial charge in [0.25, 0.3) is 0 Å². The van der Waals surface area contributed by atoms with Gasteiger partial charge in [-0.1, -0.05) is 62.0 Å². The first kappa shape index (κ1) is 38.1. The van der Waals surface area contributed by atoms with Crippen molar-refractivity contribution in [2.24, 2.45) is 0 Å². The van der Waals surface area contributed by atoms with Gasteiger partial charge in [-0.3, -0.25) is 0 Å². The monoisotopic (exact) mass is 749 g/mol. The van der Waals surface area contributed by atoms with E-state index in [-0.39, 0.29) is 36.6 Å². The highest BCUT2D eigenvalue weighted by atomic mass is 32.2. The zero-order valence-electron chi connectivity index (χ0n) is 29.5. The molecule has 0 spiro atoms. The number of nitrogens with zero attached hydrogens (tertiary/aromatic N) is 5. The van der Waals surface area contributed by atoms with Gasteiger partial charge in [-0.2, -0.15) is 17.5 Å². The average Bonchev–Trinajstić information content (AvgIpc) is 3.57. The molecule has 10 nitrogen and oxygen atoms in total. The summed E-state index contributed by atoms with van der Waals surface area (Å²) in [4.78, 5) is -0.991. The van der Waals surface area contributed by atoms with Crippen molar-refractivity contribution in [1.82, 2.24) is 24.5 Å². The van der Waals surface area contributed by atoms with Crippen molar-refractivity contribution in [2.75, 3.05) is 21.3 Å². The highest BCUT2D eigenvalue weighted by Gasteiger charge is 2.43. The zero-order chi connectivity index (χ0) is 37.7. The first-order chi connectivity index (χ1) is 24.6. The Kier molecular flexibility index (Phi) is 11.4.